The molecule has 4 aromatic carbocycles. The highest BCUT2D eigenvalue weighted by molar-refractivity contribution is 6.28. The summed E-state index contributed by atoms with van der Waals surface area (Å²) in [5.41, 5.74) is 6.75. The van der Waals surface area contributed by atoms with Crippen LogP contribution in [0.5, 0.6) is 0 Å². The van der Waals surface area contributed by atoms with E-state index in [1.165, 1.54) is 59.8 Å². The van der Waals surface area contributed by atoms with Crippen molar-refractivity contribution >= 4 is 59.8 Å². The Hall–Kier alpha value is -4.16. The Labute approximate surface area is 178 Å². The Kier molecular flexibility index (Phi) is 2.95. The fraction of sp³-hybridized carbons (Fsp3) is 0.0714. The number of fused-ring (bicyclic) bond motifs is 7. The van der Waals surface area contributed by atoms with Gasteiger partial charge in [-0.05, 0) is 46.8 Å². The van der Waals surface area contributed by atoms with E-state index in [2.05, 4.69) is 89.8 Å². The van der Waals surface area contributed by atoms with Crippen molar-refractivity contribution in [2.45, 2.75) is 6.92 Å². The second kappa shape index (κ2) is 5.50. The zero-order valence-electron chi connectivity index (χ0n) is 17.3. The number of nitrogens with zero attached hydrogens (tertiary/aromatic N) is 3. The van der Waals surface area contributed by atoms with Crippen molar-refractivity contribution in [1.82, 2.24) is 4.40 Å². The van der Waals surface area contributed by atoms with Crippen LogP contribution in [0.1, 0.15) is 11.1 Å². The van der Waals surface area contributed by atoms with Crippen LogP contribution in [0.2, 0.25) is 0 Å². The number of nitriles is 1. The molecule has 0 saturated heterocycles. The Bertz CT molecular complexity index is 1920. The second-order valence-corrected chi connectivity index (χ2v) is 8.50. The standard InChI is InChI=1S/C28H18N3/c1-16-20-6-4-3-5-19(20)14-24-25(16)28-26-18(11-12-30(28)2)8-10-22-21-9-7-17(15-29)13-23(21)31(24)27(22)26/h3-14H,1-2H3/q+1. The predicted octanol–water partition coefficient (Wildman–Crippen LogP) is 6.15. The van der Waals surface area contributed by atoms with Crippen LogP contribution >= 0.6 is 0 Å². The van der Waals surface area contributed by atoms with E-state index in [1.807, 2.05) is 12.1 Å². The van der Waals surface area contributed by atoms with E-state index in [0.29, 0.717) is 5.56 Å². The number of benzene rings is 4. The topological polar surface area (TPSA) is 32.1 Å². The Morgan fingerprint density at radius 3 is 2.52 bits per heavy atom. The summed E-state index contributed by atoms with van der Waals surface area (Å²) >= 11 is 0. The molecule has 0 spiro atoms. The van der Waals surface area contributed by atoms with Crippen molar-refractivity contribution in [3.05, 3.63) is 84.1 Å². The molecule has 0 fully saturated rings. The molecule has 3 aromatic heterocycles. The molecule has 3 nitrogen and oxygen atoms in total. The Balaban J connectivity index is 1.96. The van der Waals surface area contributed by atoms with Gasteiger partial charge in [0, 0.05) is 16.8 Å². The summed E-state index contributed by atoms with van der Waals surface area (Å²) in [5, 5.41) is 18.3. The van der Waals surface area contributed by atoms with Gasteiger partial charge in [-0.25, -0.2) is 4.57 Å². The summed E-state index contributed by atoms with van der Waals surface area (Å²) in [6.07, 6.45) is 2.16. The molecule has 0 aliphatic carbocycles. The summed E-state index contributed by atoms with van der Waals surface area (Å²) in [5.74, 6) is 0. The van der Waals surface area contributed by atoms with Crippen LogP contribution in [0.4, 0.5) is 0 Å². The summed E-state index contributed by atoms with van der Waals surface area (Å²) < 4.78 is 4.64. The van der Waals surface area contributed by atoms with E-state index in [0.717, 1.165) is 5.52 Å². The highest BCUT2D eigenvalue weighted by Crippen LogP contribution is 2.42. The Morgan fingerprint density at radius 2 is 1.65 bits per heavy atom. The lowest BCUT2D eigenvalue weighted by Crippen LogP contribution is -2.28. The predicted molar refractivity (Wildman–Crippen MR) is 127 cm³/mol. The first-order valence-electron chi connectivity index (χ1n) is 10.5. The van der Waals surface area contributed by atoms with Gasteiger partial charge in [0.15, 0.2) is 6.20 Å². The quantitative estimate of drug-likeness (QED) is 0.172. The molecule has 7 rings (SSSR count). The number of hydrogen-bond donors (Lipinski definition) is 0. The van der Waals surface area contributed by atoms with Gasteiger partial charge in [0.1, 0.15) is 7.05 Å². The van der Waals surface area contributed by atoms with Crippen LogP contribution in [-0.4, -0.2) is 4.40 Å². The third-order valence-corrected chi connectivity index (χ3v) is 6.92. The van der Waals surface area contributed by atoms with Crippen LogP contribution in [0, 0.1) is 18.3 Å². The summed E-state index contributed by atoms with van der Waals surface area (Å²) in [6.45, 7) is 2.23. The maximum absolute atomic E-state index is 9.57. The zero-order chi connectivity index (χ0) is 20.9. The molecule has 0 amide bonds. The SMILES string of the molecule is Cc1c2ccccc2cc2c1c1c3c(ccc4c5ccc(C#N)cc5n2c43)cc[n+]1C. The normalized spacial score (nSPS) is 12.2. The van der Waals surface area contributed by atoms with E-state index in [1.54, 1.807) is 0 Å². The van der Waals surface area contributed by atoms with Crippen LogP contribution in [0.15, 0.2) is 72.9 Å². The van der Waals surface area contributed by atoms with Crippen molar-refractivity contribution in [3.8, 4) is 6.07 Å². The third-order valence-electron chi connectivity index (χ3n) is 6.92. The first-order chi connectivity index (χ1) is 15.2. The molecular formula is C28H18N3+. The summed E-state index contributed by atoms with van der Waals surface area (Å²) in [4.78, 5) is 0. The lowest BCUT2D eigenvalue weighted by Gasteiger charge is -2.14. The first kappa shape index (κ1) is 16.6. The molecule has 0 unspecified atom stereocenters. The molecular weight excluding hydrogens is 378 g/mol. The van der Waals surface area contributed by atoms with Gasteiger partial charge in [-0.2, -0.15) is 5.26 Å². The van der Waals surface area contributed by atoms with Crippen LogP contribution in [0.25, 0.3) is 59.8 Å². The first-order valence-corrected chi connectivity index (χ1v) is 10.5. The second-order valence-electron chi connectivity index (χ2n) is 8.50. The minimum absolute atomic E-state index is 0.686. The fourth-order valence-corrected chi connectivity index (χ4v) is 5.56. The van der Waals surface area contributed by atoms with Crippen LogP contribution < -0.4 is 4.57 Å². The molecule has 3 heterocycles. The minimum atomic E-state index is 0.686. The van der Waals surface area contributed by atoms with Gasteiger partial charge < -0.3 is 4.40 Å². The largest absolute Gasteiger partial charge is 0.307 e. The average molecular weight is 396 g/mol. The number of pyridine rings is 2. The molecule has 0 N–H and O–H groups in total. The van der Waals surface area contributed by atoms with Crippen molar-refractivity contribution in [2.75, 3.05) is 0 Å². The average Bonchev–Trinajstić information content (AvgIpc) is 3.14. The molecule has 144 valence electrons. The van der Waals surface area contributed by atoms with E-state index in [9.17, 15) is 5.26 Å². The van der Waals surface area contributed by atoms with Crippen LogP contribution in [-0.2, 0) is 7.05 Å². The fourth-order valence-electron chi connectivity index (χ4n) is 5.56. The molecule has 3 heteroatoms. The van der Waals surface area contributed by atoms with E-state index in [4.69, 9.17) is 0 Å². The lowest BCUT2D eigenvalue weighted by molar-refractivity contribution is -0.643. The highest BCUT2D eigenvalue weighted by Gasteiger charge is 2.24. The smallest absolute Gasteiger partial charge is 0.224 e. The van der Waals surface area contributed by atoms with E-state index >= 15 is 0 Å². The maximum atomic E-state index is 9.57. The molecule has 0 saturated carbocycles. The molecule has 0 bridgehead atoms. The van der Waals surface area contributed by atoms with Gasteiger partial charge in [-0.15, -0.1) is 0 Å². The van der Waals surface area contributed by atoms with E-state index in [-0.39, 0.29) is 0 Å². The van der Waals surface area contributed by atoms with Gasteiger partial charge in [-0.1, -0.05) is 42.5 Å². The number of aryl methyl sites for hydroxylation is 2. The lowest BCUT2D eigenvalue weighted by atomic mass is 9.96. The van der Waals surface area contributed by atoms with Crippen LogP contribution in [0.3, 0.4) is 0 Å². The summed E-state index contributed by atoms with van der Waals surface area (Å²) in [7, 11) is 2.14. The van der Waals surface area contributed by atoms with Crippen molar-refractivity contribution in [2.24, 2.45) is 7.05 Å². The van der Waals surface area contributed by atoms with Gasteiger partial charge in [-0.3, -0.25) is 0 Å². The molecule has 0 radical (unpaired) electrons. The van der Waals surface area contributed by atoms with Crippen molar-refractivity contribution < 1.29 is 4.57 Å². The zero-order valence-corrected chi connectivity index (χ0v) is 17.3. The Morgan fingerprint density at radius 1 is 0.806 bits per heavy atom. The van der Waals surface area contributed by atoms with Gasteiger partial charge in [0.05, 0.1) is 39.0 Å². The number of rotatable bonds is 0. The molecule has 7 aromatic rings. The number of hydrogen-bond acceptors (Lipinski definition) is 1. The third kappa shape index (κ3) is 1.90. The molecule has 0 aliphatic rings. The van der Waals surface area contributed by atoms with Crippen molar-refractivity contribution in [3.63, 3.8) is 0 Å². The maximum Gasteiger partial charge on any atom is 0.224 e. The molecule has 0 atom stereocenters. The van der Waals surface area contributed by atoms with Gasteiger partial charge in [0.25, 0.3) is 0 Å². The number of aromatic nitrogens is 2. The van der Waals surface area contributed by atoms with Gasteiger partial charge in [0.2, 0.25) is 5.52 Å². The molecule has 0 aliphatic heterocycles. The van der Waals surface area contributed by atoms with Crippen molar-refractivity contribution in [1.29, 1.82) is 5.26 Å². The summed E-state index contributed by atoms with van der Waals surface area (Å²) in [6, 6.07) is 25.9. The minimum Gasteiger partial charge on any atom is -0.307 e. The van der Waals surface area contributed by atoms with E-state index < -0.39 is 0 Å². The highest BCUT2D eigenvalue weighted by atomic mass is 15.0. The monoisotopic (exact) mass is 396 g/mol. The van der Waals surface area contributed by atoms with Gasteiger partial charge >= 0.3 is 0 Å². The molecule has 31 heavy (non-hydrogen) atoms.